The van der Waals surface area contributed by atoms with Gasteiger partial charge in [0.25, 0.3) is 0 Å². The summed E-state index contributed by atoms with van der Waals surface area (Å²) in [7, 11) is -3.68. The molecule has 8 heteroatoms. The lowest BCUT2D eigenvalue weighted by Gasteiger charge is -2.27. The fourth-order valence-corrected chi connectivity index (χ4v) is 4.65. The van der Waals surface area contributed by atoms with Crippen LogP contribution in [-0.2, 0) is 27.9 Å². The first kappa shape index (κ1) is 20.8. The summed E-state index contributed by atoms with van der Waals surface area (Å²) in [6, 6.07) is 7.08. The normalized spacial score (nSPS) is 12.7. The molecule has 0 unspecified atom stereocenters. The highest BCUT2D eigenvalue weighted by Crippen LogP contribution is 2.19. The molecule has 142 valence electrons. The van der Waals surface area contributed by atoms with Gasteiger partial charge in [-0.25, -0.2) is 8.42 Å². The summed E-state index contributed by atoms with van der Waals surface area (Å²) >= 11 is 3.17. The van der Waals surface area contributed by atoms with Gasteiger partial charge in [-0.15, -0.1) is 22.7 Å². The van der Waals surface area contributed by atoms with Gasteiger partial charge in [-0.2, -0.15) is 4.72 Å². The number of amides is 1. The third kappa shape index (κ3) is 6.35. The second-order valence-corrected chi connectivity index (χ2v) is 9.60. The van der Waals surface area contributed by atoms with Crippen LogP contribution in [0.4, 0.5) is 0 Å². The number of hydrogen-bond acceptors (Lipinski definition) is 5. The number of nitrogens with one attached hydrogen (secondary N) is 1. The van der Waals surface area contributed by atoms with Gasteiger partial charge in [0, 0.05) is 15.2 Å². The van der Waals surface area contributed by atoms with Crippen molar-refractivity contribution in [2.45, 2.75) is 45.3 Å². The van der Waals surface area contributed by atoms with E-state index in [9.17, 15) is 13.2 Å². The van der Waals surface area contributed by atoms with Crippen LogP contribution >= 0.6 is 22.7 Å². The first-order valence-electron chi connectivity index (χ1n) is 8.43. The maximum Gasteiger partial charge on any atom is 0.241 e. The molecule has 1 N–H and O–H groups in total. The Morgan fingerprint density at radius 3 is 2.23 bits per heavy atom. The summed E-state index contributed by atoms with van der Waals surface area (Å²) in [5.74, 6) is -0.203. The van der Waals surface area contributed by atoms with E-state index < -0.39 is 16.1 Å². The molecule has 2 aromatic heterocycles. The zero-order valence-corrected chi connectivity index (χ0v) is 17.2. The van der Waals surface area contributed by atoms with Gasteiger partial charge in [-0.1, -0.05) is 38.5 Å². The summed E-state index contributed by atoms with van der Waals surface area (Å²) in [4.78, 5) is 17.0. The van der Waals surface area contributed by atoms with Crippen LogP contribution in [0.1, 0.15) is 35.9 Å². The predicted molar refractivity (Wildman–Crippen MR) is 108 cm³/mol. The van der Waals surface area contributed by atoms with Gasteiger partial charge >= 0.3 is 0 Å². The molecule has 5 nitrogen and oxygen atoms in total. The predicted octanol–water partition coefficient (Wildman–Crippen LogP) is 3.96. The Hall–Kier alpha value is -1.48. The lowest BCUT2D eigenvalue weighted by Crippen LogP contribution is -2.47. The third-order valence-corrected chi connectivity index (χ3v) is 6.61. The number of thiophene rings is 2. The van der Waals surface area contributed by atoms with Crippen LogP contribution in [0.5, 0.6) is 0 Å². The first-order chi connectivity index (χ1) is 12.4. The summed E-state index contributed by atoms with van der Waals surface area (Å²) in [6.45, 7) is 6.26. The number of nitrogens with zero attached hydrogens (tertiary/aromatic N) is 1. The Balaban J connectivity index is 2.22. The monoisotopic (exact) mass is 412 g/mol. The quantitative estimate of drug-likeness (QED) is 0.607. The van der Waals surface area contributed by atoms with E-state index in [-0.39, 0.29) is 5.91 Å². The zero-order chi connectivity index (χ0) is 19.0. The summed E-state index contributed by atoms with van der Waals surface area (Å²) in [6.07, 6.45) is 2.12. The van der Waals surface area contributed by atoms with E-state index in [0.29, 0.717) is 19.5 Å². The van der Waals surface area contributed by atoms with Crippen LogP contribution in [0.15, 0.2) is 47.0 Å². The minimum absolute atomic E-state index is 0.203. The second-order valence-electron chi connectivity index (χ2n) is 5.88. The molecule has 0 aliphatic carbocycles. The van der Waals surface area contributed by atoms with Crippen molar-refractivity contribution in [1.82, 2.24) is 9.62 Å². The number of unbranched alkanes of at least 4 members (excludes halogenated alkanes) is 1. The van der Waals surface area contributed by atoms with Crippen LogP contribution in [0.25, 0.3) is 0 Å². The van der Waals surface area contributed by atoms with Gasteiger partial charge in [0.1, 0.15) is 6.04 Å². The first-order valence-corrected chi connectivity index (χ1v) is 11.7. The minimum Gasteiger partial charge on any atom is -0.331 e. The van der Waals surface area contributed by atoms with Crippen LogP contribution in [0.3, 0.4) is 0 Å². The number of rotatable bonds is 11. The molecule has 0 aromatic carbocycles. The van der Waals surface area contributed by atoms with E-state index in [1.165, 1.54) is 0 Å². The lowest BCUT2D eigenvalue weighted by molar-refractivity contribution is -0.134. The van der Waals surface area contributed by atoms with Gasteiger partial charge in [-0.05, 0) is 29.3 Å². The van der Waals surface area contributed by atoms with Crippen molar-refractivity contribution in [2.24, 2.45) is 0 Å². The number of hydrogen-bond donors (Lipinski definition) is 1. The largest absolute Gasteiger partial charge is 0.331 e. The molecule has 0 saturated heterocycles. The van der Waals surface area contributed by atoms with E-state index >= 15 is 0 Å². The minimum atomic E-state index is -3.68. The van der Waals surface area contributed by atoms with Crippen LogP contribution in [-0.4, -0.2) is 25.3 Å². The topological polar surface area (TPSA) is 66.5 Å². The third-order valence-electron chi connectivity index (χ3n) is 3.84. The van der Waals surface area contributed by atoms with Crippen molar-refractivity contribution in [3.63, 3.8) is 0 Å². The number of carbonyl (C=O) groups is 1. The summed E-state index contributed by atoms with van der Waals surface area (Å²) < 4.78 is 26.4. The average Bonchev–Trinajstić information content (AvgIpc) is 3.31. The number of sulfonamides is 1. The smallest absolute Gasteiger partial charge is 0.241 e. The van der Waals surface area contributed by atoms with Gasteiger partial charge in [-0.3, -0.25) is 4.79 Å². The molecule has 0 bridgehead atoms. The standard InChI is InChI=1S/C18H24N2O3S3/c1-3-5-10-17(19-26(22,23)4-2)18(21)20(13-15-8-6-11-24-15)14-16-9-7-12-25-16/h4,6-9,11-12,17,19H,2-3,5,10,13-14H2,1H3/t17-/m0/s1. The van der Waals surface area contributed by atoms with Crippen LogP contribution < -0.4 is 4.72 Å². The molecule has 2 aromatic rings. The molecule has 0 radical (unpaired) electrons. The Labute approximate surface area is 163 Å². The van der Waals surface area contributed by atoms with Crippen LogP contribution in [0.2, 0.25) is 0 Å². The van der Waals surface area contributed by atoms with E-state index in [1.807, 2.05) is 41.9 Å². The van der Waals surface area contributed by atoms with Gasteiger partial charge in [0.15, 0.2) is 0 Å². The van der Waals surface area contributed by atoms with Crippen molar-refractivity contribution in [3.05, 3.63) is 56.8 Å². The van der Waals surface area contributed by atoms with Crippen molar-refractivity contribution in [2.75, 3.05) is 0 Å². The molecule has 2 heterocycles. The molecule has 0 aliphatic rings. The SMILES string of the molecule is C=CS(=O)(=O)N[C@@H](CCCC)C(=O)N(Cc1cccs1)Cc1cccs1. The fourth-order valence-electron chi connectivity index (χ4n) is 2.50. The highest BCUT2D eigenvalue weighted by molar-refractivity contribution is 7.92. The maximum atomic E-state index is 13.2. The van der Waals surface area contributed by atoms with E-state index in [4.69, 9.17) is 0 Å². The van der Waals surface area contributed by atoms with Crippen molar-refractivity contribution in [3.8, 4) is 0 Å². The lowest BCUT2D eigenvalue weighted by atomic mass is 10.1. The molecule has 0 spiro atoms. The number of carbonyl (C=O) groups excluding carboxylic acids is 1. The molecular weight excluding hydrogens is 388 g/mol. The van der Waals surface area contributed by atoms with E-state index in [1.54, 1.807) is 27.6 Å². The second kappa shape index (κ2) is 10.0. The highest BCUT2D eigenvalue weighted by atomic mass is 32.2. The average molecular weight is 413 g/mol. The molecule has 1 atom stereocenters. The Bertz CT molecular complexity index is 748. The van der Waals surface area contributed by atoms with Crippen molar-refractivity contribution in [1.29, 1.82) is 0 Å². The van der Waals surface area contributed by atoms with Crippen LogP contribution in [0, 0.1) is 0 Å². The summed E-state index contributed by atoms with van der Waals surface area (Å²) in [5, 5.41) is 4.79. The Morgan fingerprint density at radius 1 is 1.23 bits per heavy atom. The fraction of sp³-hybridized carbons (Fsp3) is 0.389. The molecular formula is C18H24N2O3S3. The Morgan fingerprint density at radius 2 is 1.81 bits per heavy atom. The van der Waals surface area contributed by atoms with Gasteiger partial charge < -0.3 is 4.90 Å². The summed E-state index contributed by atoms with van der Waals surface area (Å²) in [5.41, 5.74) is 0. The molecule has 0 saturated carbocycles. The molecule has 0 fully saturated rings. The molecule has 26 heavy (non-hydrogen) atoms. The Kier molecular flexibility index (Phi) is 8.02. The maximum absolute atomic E-state index is 13.2. The molecule has 0 aliphatic heterocycles. The van der Waals surface area contributed by atoms with Gasteiger partial charge in [0.05, 0.1) is 13.1 Å². The zero-order valence-electron chi connectivity index (χ0n) is 14.8. The van der Waals surface area contributed by atoms with Gasteiger partial charge in [0.2, 0.25) is 15.9 Å². The van der Waals surface area contributed by atoms with E-state index in [0.717, 1.165) is 28.0 Å². The van der Waals surface area contributed by atoms with E-state index in [2.05, 4.69) is 11.3 Å². The van der Waals surface area contributed by atoms with Crippen molar-refractivity contribution < 1.29 is 13.2 Å². The molecule has 2 rings (SSSR count). The molecule has 1 amide bonds. The highest BCUT2D eigenvalue weighted by Gasteiger charge is 2.27. The van der Waals surface area contributed by atoms with Crippen molar-refractivity contribution >= 4 is 38.6 Å².